The van der Waals surface area contributed by atoms with Gasteiger partial charge >= 0.3 is 0 Å². The van der Waals surface area contributed by atoms with Crippen LogP contribution in [0.3, 0.4) is 0 Å². The van der Waals surface area contributed by atoms with Crippen LogP contribution in [0.2, 0.25) is 0 Å². The summed E-state index contributed by atoms with van der Waals surface area (Å²) in [5.74, 6) is 0. The van der Waals surface area contributed by atoms with Gasteiger partial charge in [0.2, 0.25) is 0 Å². The molecule has 0 amide bonds. The molecule has 1 fully saturated rings. The van der Waals surface area contributed by atoms with E-state index in [1.165, 1.54) is 28.6 Å². The topological polar surface area (TPSA) is 15.3 Å². The van der Waals surface area contributed by atoms with Crippen LogP contribution in [0.5, 0.6) is 0 Å². The van der Waals surface area contributed by atoms with Crippen molar-refractivity contribution in [3.05, 3.63) is 28.2 Å². The Labute approximate surface area is 113 Å². The van der Waals surface area contributed by atoms with E-state index in [0.717, 1.165) is 19.6 Å². The summed E-state index contributed by atoms with van der Waals surface area (Å²) in [6.45, 7) is 7.82. The minimum absolute atomic E-state index is 0.631. The van der Waals surface area contributed by atoms with Crippen LogP contribution in [0.15, 0.2) is 22.7 Å². The van der Waals surface area contributed by atoms with Crippen molar-refractivity contribution in [1.29, 1.82) is 0 Å². The molecule has 0 radical (unpaired) electrons. The third kappa shape index (κ3) is 3.46. The van der Waals surface area contributed by atoms with Crippen molar-refractivity contribution in [3.63, 3.8) is 0 Å². The van der Waals surface area contributed by atoms with Crippen molar-refractivity contribution in [2.45, 2.75) is 32.7 Å². The second-order valence-corrected chi connectivity index (χ2v) is 5.77. The van der Waals surface area contributed by atoms with E-state index in [1.807, 2.05) is 0 Å². The second kappa shape index (κ2) is 5.87. The fourth-order valence-electron chi connectivity index (χ4n) is 2.22. The van der Waals surface area contributed by atoms with E-state index in [1.54, 1.807) is 0 Å². The van der Waals surface area contributed by atoms with Crippen molar-refractivity contribution in [1.82, 2.24) is 5.32 Å². The largest absolute Gasteiger partial charge is 0.371 e. The molecule has 1 aromatic carbocycles. The zero-order chi connectivity index (χ0) is 12.3. The predicted molar refractivity (Wildman–Crippen MR) is 77.8 cm³/mol. The van der Waals surface area contributed by atoms with Gasteiger partial charge in [-0.3, -0.25) is 0 Å². The van der Waals surface area contributed by atoms with Gasteiger partial charge in [-0.1, -0.05) is 22.0 Å². The van der Waals surface area contributed by atoms with Gasteiger partial charge in [-0.15, -0.1) is 0 Å². The van der Waals surface area contributed by atoms with Gasteiger partial charge in [0.15, 0.2) is 0 Å². The number of hydrogen-bond donors (Lipinski definition) is 1. The highest BCUT2D eigenvalue weighted by atomic mass is 79.9. The average Bonchev–Trinajstić information content (AvgIpc) is 2.28. The van der Waals surface area contributed by atoms with Crippen molar-refractivity contribution in [2.24, 2.45) is 0 Å². The third-order valence-corrected chi connectivity index (χ3v) is 4.30. The summed E-state index contributed by atoms with van der Waals surface area (Å²) in [6.07, 6.45) is 2.43. The molecule has 94 valence electrons. The normalized spacial score (nSPS) is 22.1. The molecule has 3 heteroatoms. The molecule has 17 heavy (non-hydrogen) atoms. The Bertz CT molecular complexity index is 378. The van der Waals surface area contributed by atoms with Crippen LogP contribution in [0.1, 0.15) is 25.3 Å². The molecule has 1 aliphatic rings. The SMILES string of the molecule is Cc1ccc(N2CCCNC(C)CC2)cc1Br. The Balaban J connectivity index is 2.10. The van der Waals surface area contributed by atoms with Crippen LogP contribution in [-0.2, 0) is 0 Å². The molecule has 1 N–H and O–H groups in total. The lowest BCUT2D eigenvalue weighted by molar-refractivity contribution is 0.475. The van der Waals surface area contributed by atoms with E-state index in [0.29, 0.717) is 6.04 Å². The molecule has 0 spiro atoms. The quantitative estimate of drug-likeness (QED) is 0.855. The Morgan fingerprint density at radius 3 is 2.94 bits per heavy atom. The molecule has 0 aliphatic carbocycles. The first-order valence-electron chi connectivity index (χ1n) is 6.41. The van der Waals surface area contributed by atoms with E-state index in [-0.39, 0.29) is 0 Å². The summed E-state index contributed by atoms with van der Waals surface area (Å²) in [4.78, 5) is 2.50. The summed E-state index contributed by atoms with van der Waals surface area (Å²) >= 11 is 3.62. The van der Waals surface area contributed by atoms with E-state index in [9.17, 15) is 0 Å². The molecule has 2 rings (SSSR count). The van der Waals surface area contributed by atoms with E-state index < -0.39 is 0 Å². The van der Waals surface area contributed by atoms with Gasteiger partial charge in [-0.2, -0.15) is 0 Å². The summed E-state index contributed by atoms with van der Waals surface area (Å²) in [7, 11) is 0. The highest BCUT2D eigenvalue weighted by Crippen LogP contribution is 2.24. The van der Waals surface area contributed by atoms with Gasteiger partial charge in [0, 0.05) is 29.3 Å². The van der Waals surface area contributed by atoms with Gasteiger partial charge in [-0.25, -0.2) is 0 Å². The number of benzene rings is 1. The predicted octanol–water partition coefficient (Wildman–Crippen LogP) is 3.34. The van der Waals surface area contributed by atoms with Crippen LogP contribution in [0, 0.1) is 6.92 Å². The maximum absolute atomic E-state index is 3.62. The number of nitrogens with zero attached hydrogens (tertiary/aromatic N) is 1. The van der Waals surface area contributed by atoms with Crippen molar-refractivity contribution < 1.29 is 0 Å². The molecule has 2 nitrogen and oxygen atoms in total. The summed E-state index contributed by atoms with van der Waals surface area (Å²) in [5, 5.41) is 3.54. The maximum atomic E-state index is 3.62. The van der Waals surface area contributed by atoms with Crippen LogP contribution in [0.4, 0.5) is 5.69 Å². The number of halogens is 1. The second-order valence-electron chi connectivity index (χ2n) is 4.92. The van der Waals surface area contributed by atoms with Gasteiger partial charge in [0.25, 0.3) is 0 Å². The smallest absolute Gasteiger partial charge is 0.0377 e. The molecule has 1 atom stereocenters. The van der Waals surface area contributed by atoms with Crippen molar-refractivity contribution >= 4 is 21.6 Å². The van der Waals surface area contributed by atoms with Crippen LogP contribution >= 0.6 is 15.9 Å². The monoisotopic (exact) mass is 296 g/mol. The summed E-state index contributed by atoms with van der Waals surface area (Å²) in [5.41, 5.74) is 2.65. The molecular weight excluding hydrogens is 276 g/mol. The Morgan fingerprint density at radius 1 is 1.35 bits per heavy atom. The summed E-state index contributed by atoms with van der Waals surface area (Å²) in [6, 6.07) is 7.31. The van der Waals surface area contributed by atoms with E-state index in [4.69, 9.17) is 0 Å². The molecule has 1 aromatic rings. The van der Waals surface area contributed by atoms with Gasteiger partial charge in [0.05, 0.1) is 0 Å². The van der Waals surface area contributed by atoms with Crippen LogP contribution in [0.25, 0.3) is 0 Å². The van der Waals surface area contributed by atoms with Gasteiger partial charge in [-0.05, 0) is 50.9 Å². The van der Waals surface area contributed by atoms with Crippen molar-refractivity contribution in [2.75, 3.05) is 24.5 Å². The minimum Gasteiger partial charge on any atom is -0.371 e. The highest BCUT2D eigenvalue weighted by molar-refractivity contribution is 9.10. The number of hydrogen-bond acceptors (Lipinski definition) is 2. The molecule has 0 saturated carbocycles. The fourth-order valence-corrected chi connectivity index (χ4v) is 2.59. The lowest BCUT2D eigenvalue weighted by Gasteiger charge is -2.29. The van der Waals surface area contributed by atoms with Crippen LogP contribution < -0.4 is 10.2 Å². The Hall–Kier alpha value is -0.540. The first-order chi connectivity index (χ1) is 8.16. The third-order valence-electron chi connectivity index (χ3n) is 3.45. The van der Waals surface area contributed by atoms with Gasteiger partial charge in [0.1, 0.15) is 0 Å². The molecule has 1 heterocycles. The zero-order valence-corrected chi connectivity index (χ0v) is 12.3. The maximum Gasteiger partial charge on any atom is 0.0377 e. The van der Waals surface area contributed by atoms with E-state index >= 15 is 0 Å². The Morgan fingerprint density at radius 2 is 2.18 bits per heavy atom. The van der Waals surface area contributed by atoms with Gasteiger partial charge < -0.3 is 10.2 Å². The standard InChI is InChI=1S/C14H21BrN2/c1-11-4-5-13(10-14(11)15)17-8-3-7-16-12(2)6-9-17/h4-5,10,12,16H,3,6-9H2,1-2H3. The molecule has 1 unspecified atom stereocenters. The van der Waals surface area contributed by atoms with Crippen LogP contribution in [-0.4, -0.2) is 25.7 Å². The lowest BCUT2D eigenvalue weighted by Crippen LogP contribution is -2.38. The first-order valence-corrected chi connectivity index (χ1v) is 7.20. The number of rotatable bonds is 1. The highest BCUT2D eigenvalue weighted by Gasteiger charge is 2.12. The number of nitrogens with one attached hydrogen (secondary N) is 1. The van der Waals surface area contributed by atoms with E-state index in [2.05, 4.69) is 58.2 Å². The number of anilines is 1. The molecule has 1 aliphatic heterocycles. The fraction of sp³-hybridized carbons (Fsp3) is 0.571. The lowest BCUT2D eigenvalue weighted by atomic mass is 10.1. The molecule has 1 saturated heterocycles. The minimum atomic E-state index is 0.631. The molecular formula is C14H21BrN2. The summed E-state index contributed by atoms with van der Waals surface area (Å²) < 4.78 is 1.21. The zero-order valence-electron chi connectivity index (χ0n) is 10.7. The Kier molecular flexibility index (Phi) is 4.46. The number of aryl methyl sites for hydroxylation is 1. The molecule has 0 bridgehead atoms. The van der Waals surface area contributed by atoms with Crippen molar-refractivity contribution in [3.8, 4) is 0 Å². The average molecular weight is 297 g/mol. The first kappa shape index (κ1) is 12.9. The molecule has 0 aromatic heterocycles.